The van der Waals surface area contributed by atoms with Crippen molar-refractivity contribution in [2.75, 3.05) is 11.4 Å². The molecule has 2 N–H and O–H groups in total. The fourth-order valence-electron chi connectivity index (χ4n) is 1.74. The molecule has 0 aliphatic rings. The zero-order chi connectivity index (χ0) is 13.8. The molecular weight excluding hydrogens is 274 g/mol. The Bertz CT molecular complexity index is 544. The maximum atomic E-state index is 5.62. The van der Waals surface area contributed by atoms with Crippen LogP contribution in [0.1, 0.15) is 17.0 Å². The lowest BCUT2D eigenvalue weighted by Gasteiger charge is -2.21. The Hall–Kier alpha value is -1.46. The second-order valence-corrected chi connectivity index (χ2v) is 6.05. The van der Waals surface area contributed by atoms with Crippen LogP contribution in [0.3, 0.4) is 0 Å². The monoisotopic (exact) mass is 291 g/mol. The molecule has 0 aliphatic heterocycles. The van der Waals surface area contributed by atoms with Crippen LogP contribution in [0.15, 0.2) is 30.3 Å². The number of thiazole rings is 1. The largest absolute Gasteiger partial charge is 0.393 e. The maximum absolute atomic E-state index is 5.62. The third-order valence-corrected chi connectivity index (χ3v) is 4.20. The summed E-state index contributed by atoms with van der Waals surface area (Å²) in [6, 6.07) is 10.2. The van der Waals surface area contributed by atoms with E-state index in [9.17, 15) is 0 Å². The predicted molar refractivity (Wildman–Crippen MR) is 86.4 cm³/mol. The quantitative estimate of drug-likeness (QED) is 0.855. The zero-order valence-electron chi connectivity index (χ0n) is 11.1. The summed E-state index contributed by atoms with van der Waals surface area (Å²) >= 11 is 6.68. The second kappa shape index (κ2) is 6.12. The Balaban J connectivity index is 2.31. The summed E-state index contributed by atoms with van der Waals surface area (Å²) in [6.45, 7) is 4.88. The van der Waals surface area contributed by atoms with Gasteiger partial charge in [0.1, 0.15) is 0 Å². The average molecular weight is 291 g/mol. The molecule has 0 fully saturated rings. The van der Waals surface area contributed by atoms with Gasteiger partial charge in [0.25, 0.3) is 0 Å². The molecule has 100 valence electrons. The van der Waals surface area contributed by atoms with Gasteiger partial charge in [-0.3, -0.25) is 0 Å². The molecule has 2 rings (SSSR count). The van der Waals surface area contributed by atoms with Crippen molar-refractivity contribution in [1.82, 2.24) is 4.98 Å². The summed E-state index contributed by atoms with van der Waals surface area (Å²) in [5.74, 6) is 0. The molecule has 0 atom stereocenters. The van der Waals surface area contributed by atoms with Gasteiger partial charge in [0.05, 0.1) is 10.7 Å². The van der Waals surface area contributed by atoms with Gasteiger partial charge in [0.15, 0.2) is 5.13 Å². The van der Waals surface area contributed by atoms with E-state index in [1.807, 2.05) is 25.1 Å². The molecule has 0 aliphatic carbocycles. The molecule has 19 heavy (non-hydrogen) atoms. The van der Waals surface area contributed by atoms with E-state index < -0.39 is 0 Å². The lowest BCUT2D eigenvalue weighted by Crippen LogP contribution is -2.23. The number of para-hydroxylation sites is 1. The molecular formula is C14H17N3S2. The van der Waals surface area contributed by atoms with Gasteiger partial charge in [-0.25, -0.2) is 4.98 Å². The van der Waals surface area contributed by atoms with Gasteiger partial charge in [-0.1, -0.05) is 30.4 Å². The fraction of sp³-hybridized carbons (Fsp3) is 0.286. The molecule has 0 saturated heterocycles. The molecule has 1 aromatic carbocycles. The van der Waals surface area contributed by atoms with Gasteiger partial charge in [0.2, 0.25) is 0 Å². The molecule has 3 nitrogen and oxygen atoms in total. The maximum Gasteiger partial charge on any atom is 0.190 e. The van der Waals surface area contributed by atoms with Crippen molar-refractivity contribution in [3.05, 3.63) is 40.9 Å². The van der Waals surface area contributed by atoms with Crippen molar-refractivity contribution in [3.8, 4) is 0 Å². The number of hydrogen-bond acceptors (Lipinski definition) is 4. The number of benzene rings is 1. The first-order valence-electron chi connectivity index (χ1n) is 6.13. The molecule has 1 aromatic heterocycles. The van der Waals surface area contributed by atoms with Crippen LogP contribution < -0.4 is 10.6 Å². The van der Waals surface area contributed by atoms with E-state index in [1.54, 1.807) is 11.3 Å². The van der Waals surface area contributed by atoms with Crippen LogP contribution in [0, 0.1) is 13.8 Å². The fourth-order valence-corrected chi connectivity index (χ4v) is 2.78. The highest BCUT2D eigenvalue weighted by molar-refractivity contribution is 7.80. The molecule has 0 spiro atoms. The van der Waals surface area contributed by atoms with E-state index in [2.05, 4.69) is 28.9 Å². The van der Waals surface area contributed by atoms with Crippen LogP contribution in [0.2, 0.25) is 0 Å². The Morgan fingerprint density at radius 2 is 2.00 bits per heavy atom. The molecule has 2 aromatic rings. The summed E-state index contributed by atoms with van der Waals surface area (Å²) in [4.78, 5) is 8.57. The third kappa shape index (κ3) is 3.52. The lowest BCUT2D eigenvalue weighted by atomic mass is 10.3. The van der Waals surface area contributed by atoms with Gasteiger partial charge in [-0.15, -0.1) is 11.3 Å². The lowest BCUT2D eigenvalue weighted by molar-refractivity contribution is 0.955. The van der Waals surface area contributed by atoms with Crippen LogP contribution in [-0.2, 0) is 0 Å². The van der Waals surface area contributed by atoms with Crippen molar-refractivity contribution in [3.63, 3.8) is 0 Å². The van der Waals surface area contributed by atoms with Crippen LogP contribution in [0.4, 0.5) is 10.8 Å². The van der Waals surface area contributed by atoms with E-state index in [4.69, 9.17) is 18.0 Å². The SMILES string of the molecule is Cc1nc(N(CCC(N)=S)c2ccccc2)sc1C. The van der Waals surface area contributed by atoms with Gasteiger partial charge in [-0.2, -0.15) is 0 Å². The number of anilines is 2. The van der Waals surface area contributed by atoms with Crippen LogP contribution in [-0.4, -0.2) is 16.5 Å². The van der Waals surface area contributed by atoms with E-state index in [-0.39, 0.29) is 0 Å². The Kier molecular flexibility index (Phi) is 4.50. The first-order valence-corrected chi connectivity index (χ1v) is 7.35. The van der Waals surface area contributed by atoms with Crippen molar-refractivity contribution in [2.45, 2.75) is 20.3 Å². The molecule has 5 heteroatoms. The summed E-state index contributed by atoms with van der Waals surface area (Å²) in [7, 11) is 0. The molecule has 0 unspecified atom stereocenters. The van der Waals surface area contributed by atoms with Crippen molar-refractivity contribution in [2.24, 2.45) is 5.73 Å². The Morgan fingerprint density at radius 1 is 1.32 bits per heavy atom. The van der Waals surface area contributed by atoms with Gasteiger partial charge >= 0.3 is 0 Å². The number of hydrogen-bond donors (Lipinski definition) is 1. The highest BCUT2D eigenvalue weighted by atomic mass is 32.1. The average Bonchev–Trinajstić information content (AvgIpc) is 2.70. The number of aromatic nitrogens is 1. The van der Waals surface area contributed by atoms with Crippen molar-refractivity contribution >= 4 is 39.4 Å². The Labute approximate surface area is 123 Å². The standard InChI is InChI=1S/C14H17N3S2/c1-10-11(2)19-14(16-10)17(9-8-13(15)18)12-6-4-3-5-7-12/h3-7H,8-9H2,1-2H3,(H2,15,18). The first-order chi connectivity index (χ1) is 9.08. The molecule has 0 saturated carbocycles. The number of nitrogens with zero attached hydrogens (tertiary/aromatic N) is 2. The normalized spacial score (nSPS) is 10.4. The van der Waals surface area contributed by atoms with Crippen molar-refractivity contribution < 1.29 is 0 Å². The summed E-state index contributed by atoms with van der Waals surface area (Å²) < 4.78 is 0. The van der Waals surface area contributed by atoms with E-state index >= 15 is 0 Å². The minimum absolute atomic E-state index is 0.533. The summed E-state index contributed by atoms with van der Waals surface area (Å²) in [5, 5.41) is 0.998. The number of nitrogens with two attached hydrogens (primary N) is 1. The summed E-state index contributed by atoms with van der Waals surface area (Å²) in [6.07, 6.45) is 0.682. The second-order valence-electron chi connectivity index (χ2n) is 4.34. The number of rotatable bonds is 5. The predicted octanol–water partition coefficient (Wildman–Crippen LogP) is 3.57. The van der Waals surface area contributed by atoms with E-state index in [0.29, 0.717) is 11.4 Å². The van der Waals surface area contributed by atoms with Crippen molar-refractivity contribution in [1.29, 1.82) is 0 Å². The number of thiocarbonyl (C=S) groups is 1. The topological polar surface area (TPSA) is 42.2 Å². The van der Waals surface area contributed by atoms with E-state index in [1.165, 1.54) is 4.88 Å². The smallest absolute Gasteiger partial charge is 0.190 e. The molecule has 0 amide bonds. The molecule has 0 bridgehead atoms. The van der Waals surface area contributed by atoms with Crippen LogP contribution in [0.25, 0.3) is 0 Å². The van der Waals surface area contributed by atoms with Crippen LogP contribution in [0.5, 0.6) is 0 Å². The van der Waals surface area contributed by atoms with E-state index in [0.717, 1.165) is 23.1 Å². The minimum atomic E-state index is 0.533. The Morgan fingerprint density at radius 3 is 2.53 bits per heavy atom. The van der Waals surface area contributed by atoms with Gasteiger partial charge in [-0.05, 0) is 26.0 Å². The number of aryl methyl sites for hydroxylation is 2. The summed E-state index contributed by atoms with van der Waals surface area (Å²) in [5.41, 5.74) is 7.82. The van der Waals surface area contributed by atoms with Crippen LogP contribution >= 0.6 is 23.6 Å². The van der Waals surface area contributed by atoms with Gasteiger partial charge in [0, 0.05) is 23.5 Å². The first kappa shape index (κ1) is 14.0. The highest BCUT2D eigenvalue weighted by Crippen LogP contribution is 2.31. The molecule has 1 heterocycles. The molecule has 0 radical (unpaired) electrons. The minimum Gasteiger partial charge on any atom is -0.393 e. The third-order valence-electron chi connectivity index (χ3n) is 2.90. The van der Waals surface area contributed by atoms with Gasteiger partial charge < -0.3 is 10.6 Å². The highest BCUT2D eigenvalue weighted by Gasteiger charge is 2.14. The zero-order valence-corrected chi connectivity index (χ0v) is 12.7.